The van der Waals surface area contributed by atoms with E-state index >= 15 is 0 Å². The van der Waals surface area contributed by atoms with Crippen LogP contribution in [0.4, 0.5) is 0 Å². The standard InChI is InChI=1S/C2H6O.CH2O3.Na/c1-2-3;2-1-4-3;/h3H,2H2,1H3;1,3H;/q;;+1/p-1. The Morgan fingerprint density at radius 3 is 2.00 bits per heavy atom. The second-order valence-corrected chi connectivity index (χ2v) is 0.509. The van der Waals surface area contributed by atoms with E-state index in [1.165, 1.54) is 0 Å². The van der Waals surface area contributed by atoms with Gasteiger partial charge in [0.1, 0.15) is 0 Å². The fourth-order valence-electron chi connectivity index (χ4n) is 0. The van der Waals surface area contributed by atoms with Gasteiger partial charge in [-0.25, -0.2) is 0 Å². The van der Waals surface area contributed by atoms with Crippen LogP contribution in [-0.2, 0) is 9.68 Å². The van der Waals surface area contributed by atoms with Gasteiger partial charge in [-0.15, -0.1) is 0 Å². The van der Waals surface area contributed by atoms with Crippen LogP contribution in [0.15, 0.2) is 0 Å². The van der Waals surface area contributed by atoms with Crippen LogP contribution < -0.4 is 34.8 Å². The van der Waals surface area contributed by atoms with Gasteiger partial charge in [0.25, 0.3) is 6.47 Å². The third-order valence-corrected chi connectivity index (χ3v) is 0.0393. The molecule has 4 nitrogen and oxygen atoms in total. The molecule has 0 spiro atoms. The van der Waals surface area contributed by atoms with Gasteiger partial charge < -0.3 is 15.3 Å². The summed E-state index contributed by atoms with van der Waals surface area (Å²) < 4.78 is 0. The second-order valence-electron chi connectivity index (χ2n) is 0.509. The Hall–Kier alpha value is 0.390. The molecule has 5 heteroatoms. The molecule has 0 aliphatic rings. The van der Waals surface area contributed by atoms with Crippen molar-refractivity contribution >= 4 is 6.47 Å². The second kappa shape index (κ2) is 26.3. The first kappa shape index (κ1) is 15.8. The third-order valence-electron chi connectivity index (χ3n) is 0.0393. The van der Waals surface area contributed by atoms with Crippen molar-refractivity contribution in [2.75, 3.05) is 6.61 Å². The van der Waals surface area contributed by atoms with Crippen molar-refractivity contribution in [2.45, 2.75) is 6.92 Å². The summed E-state index contributed by atoms with van der Waals surface area (Å²) >= 11 is 0. The summed E-state index contributed by atoms with van der Waals surface area (Å²) in [6.07, 6.45) is 0. The number of aliphatic hydroxyl groups is 1. The van der Waals surface area contributed by atoms with E-state index in [9.17, 15) is 0 Å². The molecule has 0 radical (unpaired) electrons. The minimum atomic E-state index is -0.181. The molecular weight excluding hydrogens is 123 g/mol. The van der Waals surface area contributed by atoms with Crippen LogP contribution in [0, 0.1) is 0 Å². The van der Waals surface area contributed by atoms with Crippen LogP contribution in [0.1, 0.15) is 6.92 Å². The molecule has 1 N–H and O–H groups in total. The van der Waals surface area contributed by atoms with Crippen molar-refractivity contribution in [2.24, 2.45) is 0 Å². The molecule has 0 rings (SSSR count). The van der Waals surface area contributed by atoms with E-state index in [0.717, 1.165) is 0 Å². The van der Waals surface area contributed by atoms with E-state index in [2.05, 4.69) is 4.89 Å². The molecule has 0 aliphatic heterocycles. The van der Waals surface area contributed by atoms with Gasteiger partial charge in [-0.3, -0.25) is 4.79 Å². The summed E-state index contributed by atoms with van der Waals surface area (Å²) in [5, 5.41) is 16.0. The van der Waals surface area contributed by atoms with E-state index in [1.807, 2.05) is 0 Å². The van der Waals surface area contributed by atoms with Gasteiger partial charge in [-0.2, -0.15) is 0 Å². The minimum absolute atomic E-state index is 0. The minimum Gasteiger partial charge on any atom is -0.662 e. The zero-order valence-corrected chi connectivity index (χ0v) is 6.96. The molecule has 0 aromatic carbocycles. The topological polar surface area (TPSA) is 69.6 Å². The number of hydrogen-bond donors (Lipinski definition) is 1. The summed E-state index contributed by atoms with van der Waals surface area (Å²) in [6.45, 7) is 1.75. The third kappa shape index (κ3) is 96.1. The molecule has 0 unspecified atom stereocenters. The first-order chi connectivity index (χ1) is 3.33. The Balaban J connectivity index is -0.0000000575. The van der Waals surface area contributed by atoms with E-state index < -0.39 is 0 Å². The van der Waals surface area contributed by atoms with Crippen molar-refractivity contribution in [3.05, 3.63) is 0 Å². The quantitative estimate of drug-likeness (QED) is 0.168. The van der Waals surface area contributed by atoms with Crippen LogP contribution in [0.25, 0.3) is 0 Å². The van der Waals surface area contributed by atoms with Crippen LogP contribution in [0.2, 0.25) is 0 Å². The van der Waals surface area contributed by atoms with Crippen molar-refractivity contribution in [3.63, 3.8) is 0 Å². The van der Waals surface area contributed by atoms with Gasteiger partial charge in [0, 0.05) is 6.61 Å². The smallest absolute Gasteiger partial charge is 0.662 e. The number of carbonyl (C=O) groups excluding carboxylic acids is 1. The van der Waals surface area contributed by atoms with Gasteiger partial charge in [0.2, 0.25) is 0 Å². The van der Waals surface area contributed by atoms with Crippen molar-refractivity contribution < 1.29 is 49.6 Å². The zero-order valence-electron chi connectivity index (χ0n) is 4.96. The van der Waals surface area contributed by atoms with E-state index in [-0.39, 0.29) is 42.6 Å². The molecule has 0 saturated heterocycles. The van der Waals surface area contributed by atoms with Crippen molar-refractivity contribution in [1.82, 2.24) is 0 Å². The number of rotatable bonds is 1. The Morgan fingerprint density at radius 1 is 1.88 bits per heavy atom. The molecule has 0 heterocycles. The summed E-state index contributed by atoms with van der Waals surface area (Å²) in [5.41, 5.74) is 0. The zero-order chi connectivity index (χ0) is 6.12. The normalized spacial score (nSPS) is 4.88. The summed E-state index contributed by atoms with van der Waals surface area (Å²) in [5.74, 6) is 0. The number of carbonyl (C=O) groups is 1. The first-order valence-corrected chi connectivity index (χ1v) is 1.66. The molecular formula is C3H7NaO4. The molecule has 0 aromatic rings. The first-order valence-electron chi connectivity index (χ1n) is 1.66. The Morgan fingerprint density at radius 2 is 2.00 bits per heavy atom. The van der Waals surface area contributed by atoms with Crippen molar-refractivity contribution in [1.29, 1.82) is 0 Å². The molecule has 44 valence electrons. The summed E-state index contributed by atoms with van der Waals surface area (Å²) in [4.78, 5) is 11.2. The van der Waals surface area contributed by atoms with Crippen molar-refractivity contribution in [3.8, 4) is 0 Å². The Labute approximate surface area is 69.7 Å². The maximum atomic E-state index is 8.64. The molecule has 0 aliphatic carbocycles. The maximum Gasteiger partial charge on any atom is 1.00 e. The predicted molar refractivity (Wildman–Crippen MR) is 19.9 cm³/mol. The fourth-order valence-corrected chi connectivity index (χ4v) is 0. The monoisotopic (exact) mass is 130 g/mol. The number of aliphatic hydroxyl groups excluding tert-OH is 1. The molecule has 0 bridgehead atoms. The van der Waals surface area contributed by atoms with Crippen LogP contribution in [0.5, 0.6) is 0 Å². The molecule has 0 amide bonds. The molecule has 0 aromatic heterocycles. The van der Waals surface area contributed by atoms with Gasteiger partial charge >= 0.3 is 29.6 Å². The van der Waals surface area contributed by atoms with E-state index in [1.54, 1.807) is 6.92 Å². The fraction of sp³-hybridized carbons (Fsp3) is 0.667. The average Bonchev–Trinajstić information content (AvgIpc) is 1.69. The predicted octanol–water partition coefficient (Wildman–Crippen LogP) is -4.56. The van der Waals surface area contributed by atoms with E-state index in [0.29, 0.717) is 0 Å². The van der Waals surface area contributed by atoms with Crippen LogP contribution in [0.3, 0.4) is 0 Å². The van der Waals surface area contributed by atoms with Gasteiger partial charge in [-0.1, -0.05) is 0 Å². The van der Waals surface area contributed by atoms with E-state index in [4.69, 9.17) is 15.2 Å². The van der Waals surface area contributed by atoms with Crippen LogP contribution >= 0.6 is 0 Å². The van der Waals surface area contributed by atoms with Gasteiger partial charge in [-0.05, 0) is 6.92 Å². The molecule has 8 heavy (non-hydrogen) atoms. The van der Waals surface area contributed by atoms with Gasteiger partial charge in [0.05, 0.1) is 0 Å². The SMILES string of the molecule is CCO.O=CO[O-].[Na+]. The average molecular weight is 130 g/mol. The summed E-state index contributed by atoms with van der Waals surface area (Å²) in [7, 11) is 0. The maximum absolute atomic E-state index is 8.64. The Bertz CT molecular complexity index is 32.5. The summed E-state index contributed by atoms with van der Waals surface area (Å²) in [6, 6.07) is 0. The molecule has 0 fully saturated rings. The Kier molecular flexibility index (Phi) is 51.8. The molecule has 0 atom stereocenters. The number of hydrogen-bond acceptors (Lipinski definition) is 4. The largest absolute Gasteiger partial charge is 1.00 e. The molecule has 0 saturated carbocycles. The van der Waals surface area contributed by atoms with Gasteiger partial charge in [0.15, 0.2) is 0 Å². The van der Waals surface area contributed by atoms with Crippen LogP contribution in [-0.4, -0.2) is 18.2 Å².